The third-order valence-corrected chi connectivity index (χ3v) is 3.86. The Morgan fingerprint density at radius 1 is 1.33 bits per heavy atom. The number of methoxy groups -OCH3 is 1. The molecule has 0 bridgehead atoms. The van der Waals surface area contributed by atoms with Crippen LogP contribution in [0.2, 0.25) is 0 Å². The van der Waals surface area contributed by atoms with Gasteiger partial charge < -0.3 is 10.1 Å². The van der Waals surface area contributed by atoms with Crippen molar-refractivity contribution in [3.8, 4) is 5.75 Å². The van der Waals surface area contributed by atoms with E-state index in [0.717, 1.165) is 11.6 Å². The third-order valence-electron chi connectivity index (χ3n) is 2.88. The molecule has 2 rings (SSSR count). The molecule has 1 atom stereocenters. The monoisotopic (exact) mass is 262 g/mol. The summed E-state index contributed by atoms with van der Waals surface area (Å²) in [5.41, 5.74) is 1.34. The molecule has 3 nitrogen and oxygen atoms in total. The number of aromatic nitrogens is 1. The van der Waals surface area contributed by atoms with Crippen LogP contribution in [-0.4, -0.2) is 12.1 Å². The molecule has 0 radical (unpaired) electrons. The highest BCUT2D eigenvalue weighted by atomic mass is 32.1. The highest BCUT2D eigenvalue weighted by Gasteiger charge is 2.11. The Balaban J connectivity index is 2.10. The van der Waals surface area contributed by atoms with E-state index in [0.29, 0.717) is 0 Å². The van der Waals surface area contributed by atoms with Gasteiger partial charge in [0.1, 0.15) is 11.6 Å². The zero-order chi connectivity index (χ0) is 13.1. The number of anilines is 1. The van der Waals surface area contributed by atoms with Gasteiger partial charge in [0.15, 0.2) is 0 Å². The first kappa shape index (κ1) is 12.9. The van der Waals surface area contributed by atoms with Crippen LogP contribution in [0, 0.1) is 13.8 Å². The van der Waals surface area contributed by atoms with E-state index in [-0.39, 0.29) is 6.04 Å². The van der Waals surface area contributed by atoms with Crippen LogP contribution in [0.3, 0.4) is 0 Å². The molecule has 1 N–H and O–H groups in total. The summed E-state index contributed by atoms with van der Waals surface area (Å²) in [5, 5.41) is 3.40. The summed E-state index contributed by atoms with van der Waals surface area (Å²) in [7, 11) is 1.64. The van der Waals surface area contributed by atoms with Gasteiger partial charge in [0, 0.05) is 9.75 Å². The molecule has 0 amide bonds. The number of nitrogens with one attached hydrogen (secondary N) is 1. The molecule has 0 saturated heterocycles. The molecular weight excluding hydrogens is 244 g/mol. The lowest BCUT2D eigenvalue weighted by Crippen LogP contribution is -2.07. The Kier molecular flexibility index (Phi) is 3.87. The Bertz CT molecular complexity index is 519. The van der Waals surface area contributed by atoms with Crippen molar-refractivity contribution in [1.82, 2.24) is 4.98 Å². The van der Waals surface area contributed by atoms with Crippen LogP contribution in [0.25, 0.3) is 0 Å². The Labute approximate surface area is 112 Å². The lowest BCUT2D eigenvalue weighted by Gasteiger charge is -2.14. The average Bonchev–Trinajstić information content (AvgIpc) is 2.69. The molecule has 1 unspecified atom stereocenters. The number of rotatable bonds is 4. The second kappa shape index (κ2) is 5.40. The third kappa shape index (κ3) is 2.82. The topological polar surface area (TPSA) is 34.1 Å². The summed E-state index contributed by atoms with van der Waals surface area (Å²) >= 11 is 1.83. The Morgan fingerprint density at radius 2 is 2.11 bits per heavy atom. The minimum absolute atomic E-state index is 0.260. The van der Waals surface area contributed by atoms with Crippen LogP contribution in [0.15, 0.2) is 24.4 Å². The molecule has 0 aliphatic rings. The first-order chi connectivity index (χ1) is 8.60. The molecule has 2 aromatic rings. The smallest absolute Gasteiger partial charge is 0.137 e. The van der Waals surface area contributed by atoms with Crippen molar-refractivity contribution < 1.29 is 4.74 Å². The summed E-state index contributed by atoms with van der Waals surface area (Å²) < 4.78 is 5.09. The second-order valence-electron chi connectivity index (χ2n) is 4.32. The molecule has 0 aliphatic heterocycles. The molecule has 96 valence electrons. The summed E-state index contributed by atoms with van der Waals surface area (Å²) in [6.07, 6.45) is 1.72. The van der Waals surface area contributed by atoms with Crippen LogP contribution in [0.1, 0.15) is 28.3 Å². The normalized spacial score (nSPS) is 12.2. The van der Waals surface area contributed by atoms with Crippen molar-refractivity contribution in [3.63, 3.8) is 0 Å². The van der Waals surface area contributed by atoms with Crippen molar-refractivity contribution >= 4 is 17.2 Å². The summed E-state index contributed by atoms with van der Waals surface area (Å²) in [6.45, 7) is 6.45. The largest absolute Gasteiger partial charge is 0.495 e. The predicted molar refractivity (Wildman–Crippen MR) is 76.6 cm³/mol. The average molecular weight is 262 g/mol. The number of thiophene rings is 1. The van der Waals surface area contributed by atoms with E-state index in [1.165, 1.54) is 15.3 Å². The highest BCUT2D eigenvalue weighted by molar-refractivity contribution is 7.12. The number of hydrogen-bond donors (Lipinski definition) is 1. The molecule has 2 aromatic heterocycles. The van der Waals surface area contributed by atoms with Crippen LogP contribution in [-0.2, 0) is 0 Å². The van der Waals surface area contributed by atoms with E-state index in [1.54, 1.807) is 13.3 Å². The molecule has 0 aromatic carbocycles. The SMILES string of the molecule is COc1ccc(NC(C)c2cc(C)sc2C)nc1. The number of nitrogens with zero attached hydrogens (tertiary/aromatic N) is 1. The van der Waals surface area contributed by atoms with Crippen molar-refractivity contribution in [1.29, 1.82) is 0 Å². The van der Waals surface area contributed by atoms with E-state index >= 15 is 0 Å². The molecule has 0 fully saturated rings. The number of pyridine rings is 1. The van der Waals surface area contributed by atoms with Crippen molar-refractivity contribution in [3.05, 3.63) is 39.7 Å². The summed E-state index contributed by atoms with van der Waals surface area (Å²) in [4.78, 5) is 7.03. The second-order valence-corrected chi connectivity index (χ2v) is 5.78. The molecule has 0 spiro atoms. The molecule has 0 aliphatic carbocycles. The Hall–Kier alpha value is -1.55. The van der Waals surface area contributed by atoms with Gasteiger partial charge in [-0.25, -0.2) is 4.98 Å². The van der Waals surface area contributed by atoms with Crippen molar-refractivity contribution in [2.24, 2.45) is 0 Å². The predicted octanol–water partition coefficient (Wildman–Crippen LogP) is 3.94. The van der Waals surface area contributed by atoms with Gasteiger partial charge in [-0.05, 0) is 44.5 Å². The van der Waals surface area contributed by atoms with Gasteiger partial charge in [0.05, 0.1) is 19.3 Å². The maximum absolute atomic E-state index is 5.09. The summed E-state index contributed by atoms with van der Waals surface area (Å²) in [6, 6.07) is 6.34. The van der Waals surface area contributed by atoms with Crippen LogP contribution >= 0.6 is 11.3 Å². The fraction of sp³-hybridized carbons (Fsp3) is 0.357. The zero-order valence-electron chi connectivity index (χ0n) is 11.2. The molecule has 0 saturated carbocycles. The molecular formula is C14H18N2OS. The Morgan fingerprint density at radius 3 is 2.61 bits per heavy atom. The van der Waals surface area contributed by atoms with Gasteiger partial charge in [0.2, 0.25) is 0 Å². The van der Waals surface area contributed by atoms with E-state index in [2.05, 4.69) is 37.1 Å². The van der Waals surface area contributed by atoms with E-state index in [1.807, 2.05) is 23.5 Å². The van der Waals surface area contributed by atoms with Gasteiger partial charge in [-0.3, -0.25) is 0 Å². The van der Waals surface area contributed by atoms with E-state index in [9.17, 15) is 0 Å². The summed E-state index contributed by atoms with van der Waals surface area (Å²) in [5.74, 6) is 1.64. The van der Waals surface area contributed by atoms with Gasteiger partial charge in [0.25, 0.3) is 0 Å². The lowest BCUT2D eigenvalue weighted by atomic mass is 10.1. The number of ether oxygens (including phenoxy) is 1. The highest BCUT2D eigenvalue weighted by Crippen LogP contribution is 2.28. The molecule has 4 heteroatoms. The quantitative estimate of drug-likeness (QED) is 0.906. The number of aryl methyl sites for hydroxylation is 2. The van der Waals surface area contributed by atoms with Crippen LogP contribution < -0.4 is 10.1 Å². The fourth-order valence-corrected chi connectivity index (χ4v) is 2.99. The standard InChI is InChI=1S/C14H18N2OS/c1-9-7-13(11(3)18-9)10(2)16-14-6-5-12(17-4)8-15-14/h5-8,10H,1-4H3,(H,15,16). The van der Waals surface area contributed by atoms with Crippen molar-refractivity contribution in [2.75, 3.05) is 12.4 Å². The minimum Gasteiger partial charge on any atom is -0.495 e. The maximum Gasteiger partial charge on any atom is 0.137 e. The van der Waals surface area contributed by atoms with Crippen LogP contribution in [0.4, 0.5) is 5.82 Å². The van der Waals surface area contributed by atoms with E-state index in [4.69, 9.17) is 4.74 Å². The number of hydrogen-bond acceptors (Lipinski definition) is 4. The van der Waals surface area contributed by atoms with E-state index < -0.39 is 0 Å². The zero-order valence-corrected chi connectivity index (χ0v) is 12.0. The molecule has 2 heterocycles. The first-order valence-corrected chi connectivity index (χ1v) is 6.75. The minimum atomic E-state index is 0.260. The first-order valence-electron chi connectivity index (χ1n) is 5.93. The van der Waals surface area contributed by atoms with Gasteiger partial charge in [-0.15, -0.1) is 11.3 Å². The fourth-order valence-electron chi connectivity index (χ4n) is 1.97. The van der Waals surface area contributed by atoms with Crippen LogP contribution in [0.5, 0.6) is 5.75 Å². The van der Waals surface area contributed by atoms with Gasteiger partial charge >= 0.3 is 0 Å². The maximum atomic E-state index is 5.09. The molecule has 18 heavy (non-hydrogen) atoms. The lowest BCUT2D eigenvalue weighted by molar-refractivity contribution is 0.413. The van der Waals surface area contributed by atoms with Gasteiger partial charge in [-0.1, -0.05) is 0 Å². The van der Waals surface area contributed by atoms with Gasteiger partial charge in [-0.2, -0.15) is 0 Å². The van der Waals surface area contributed by atoms with Crippen molar-refractivity contribution in [2.45, 2.75) is 26.8 Å².